The molecule has 1 fully saturated rings. The lowest BCUT2D eigenvalue weighted by Gasteiger charge is -2.28. The van der Waals surface area contributed by atoms with Crippen LogP contribution in [0.15, 0.2) is 48.5 Å². The topological polar surface area (TPSA) is 85.6 Å². The van der Waals surface area contributed by atoms with Gasteiger partial charge in [0, 0.05) is 30.4 Å². The van der Waals surface area contributed by atoms with Crippen molar-refractivity contribution >= 4 is 27.0 Å². The van der Waals surface area contributed by atoms with Gasteiger partial charge < -0.3 is 10.6 Å². The smallest absolute Gasteiger partial charge is 0.222 e. The molecular formula is C20H18FN5O2S. The van der Waals surface area contributed by atoms with Gasteiger partial charge >= 0.3 is 0 Å². The summed E-state index contributed by atoms with van der Waals surface area (Å²) in [4.78, 5) is 5.17. The van der Waals surface area contributed by atoms with Crippen molar-refractivity contribution in [2.24, 2.45) is 0 Å². The van der Waals surface area contributed by atoms with E-state index in [0.717, 1.165) is 11.4 Å². The van der Waals surface area contributed by atoms with Crippen LogP contribution in [0.25, 0.3) is 21.8 Å². The van der Waals surface area contributed by atoms with E-state index in [0.29, 0.717) is 30.2 Å². The Labute approximate surface area is 167 Å². The Bertz CT molecular complexity index is 1200. The minimum absolute atomic E-state index is 0.0410. The zero-order chi connectivity index (χ0) is 20.6. The number of aromatic nitrogens is 2. The molecule has 2 N–H and O–H groups in total. The molecule has 1 aliphatic heterocycles. The van der Waals surface area contributed by atoms with Crippen LogP contribution < -0.4 is 10.6 Å². The molecule has 148 valence electrons. The Balaban J connectivity index is 1.64. The molecule has 1 saturated heterocycles. The van der Waals surface area contributed by atoms with E-state index < -0.39 is 15.7 Å². The normalized spacial score (nSPS) is 15.8. The average Bonchev–Trinajstić information content (AvgIpc) is 3.10. The van der Waals surface area contributed by atoms with Crippen molar-refractivity contribution in [3.63, 3.8) is 0 Å². The maximum Gasteiger partial charge on any atom is 0.222 e. The monoisotopic (exact) mass is 411 g/mol. The largest absolute Gasteiger partial charge is 0.382 e. The molecule has 0 saturated carbocycles. The van der Waals surface area contributed by atoms with Crippen LogP contribution >= 0.6 is 0 Å². The highest BCUT2D eigenvalue weighted by molar-refractivity contribution is 7.91. The first-order chi connectivity index (χ1) is 13.9. The molecular weight excluding hydrogens is 393 g/mol. The van der Waals surface area contributed by atoms with Crippen molar-refractivity contribution in [1.29, 1.82) is 0 Å². The lowest BCUT2D eigenvalue weighted by Crippen LogP contribution is -2.40. The number of nitrogens with zero attached hydrogens (tertiary/aromatic N) is 4. The van der Waals surface area contributed by atoms with E-state index in [2.05, 4.69) is 9.94 Å². The van der Waals surface area contributed by atoms with Crippen LogP contribution in [0, 0.1) is 12.4 Å². The molecule has 9 heteroatoms. The Morgan fingerprint density at radius 1 is 1.03 bits per heavy atom. The van der Waals surface area contributed by atoms with Crippen molar-refractivity contribution in [2.45, 2.75) is 0 Å². The van der Waals surface area contributed by atoms with Gasteiger partial charge in [0.2, 0.25) is 5.69 Å². The van der Waals surface area contributed by atoms with Gasteiger partial charge in [-0.15, -0.1) is 0 Å². The van der Waals surface area contributed by atoms with Gasteiger partial charge in [-0.25, -0.2) is 22.3 Å². The second kappa shape index (κ2) is 7.22. The van der Waals surface area contributed by atoms with Gasteiger partial charge in [0.1, 0.15) is 11.6 Å². The summed E-state index contributed by atoms with van der Waals surface area (Å²) in [6, 6.07) is 13.6. The van der Waals surface area contributed by atoms with E-state index in [-0.39, 0.29) is 17.2 Å². The minimum atomic E-state index is -2.94. The van der Waals surface area contributed by atoms with Crippen molar-refractivity contribution < 1.29 is 12.8 Å². The fraction of sp³-hybridized carbons (Fsp3) is 0.200. The number of hydrogen-bond acceptors (Lipinski definition) is 5. The third kappa shape index (κ3) is 3.79. The first kappa shape index (κ1) is 19.0. The fourth-order valence-corrected chi connectivity index (χ4v) is 4.54. The molecule has 0 spiro atoms. The first-order valence-corrected chi connectivity index (χ1v) is 10.8. The van der Waals surface area contributed by atoms with E-state index in [1.165, 1.54) is 12.1 Å². The molecule has 7 nitrogen and oxygen atoms in total. The maximum atomic E-state index is 14.1. The summed E-state index contributed by atoms with van der Waals surface area (Å²) in [5.41, 5.74) is 8.67. The van der Waals surface area contributed by atoms with Gasteiger partial charge in [-0.2, -0.15) is 5.10 Å². The highest BCUT2D eigenvalue weighted by Crippen LogP contribution is 2.29. The second-order valence-electron chi connectivity index (χ2n) is 6.80. The molecule has 4 rings (SSSR count). The summed E-state index contributed by atoms with van der Waals surface area (Å²) in [6.45, 7) is 7.91. The van der Waals surface area contributed by atoms with E-state index in [9.17, 15) is 12.8 Å². The average molecular weight is 411 g/mol. The predicted octanol–water partition coefficient (Wildman–Crippen LogP) is 3.05. The minimum Gasteiger partial charge on any atom is -0.382 e. The van der Waals surface area contributed by atoms with Gasteiger partial charge in [0.05, 0.1) is 29.5 Å². The van der Waals surface area contributed by atoms with Crippen molar-refractivity contribution in [2.75, 3.05) is 35.2 Å². The molecule has 29 heavy (non-hydrogen) atoms. The van der Waals surface area contributed by atoms with Crippen molar-refractivity contribution in [1.82, 2.24) is 9.78 Å². The number of rotatable bonds is 3. The summed E-state index contributed by atoms with van der Waals surface area (Å²) < 4.78 is 38.9. The van der Waals surface area contributed by atoms with Crippen LogP contribution in [0.1, 0.15) is 0 Å². The maximum absolute atomic E-state index is 14.1. The second-order valence-corrected chi connectivity index (χ2v) is 9.10. The van der Waals surface area contributed by atoms with Crippen LogP contribution in [0.2, 0.25) is 0 Å². The standard InChI is InChI=1S/C20H18FN5O2S/c1-23-18-7-2-14(12-17(18)21)19-13-20(22)24-26(19)16-5-3-15(4-6-16)25-8-10-29(27,28)11-9-25/h2-7,12-13H,8-11H2,(H2,22,24). The van der Waals surface area contributed by atoms with Gasteiger partial charge in [-0.05, 0) is 30.3 Å². The van der Waals surface area contributed by atoms with Crippen LogP contribution in [-0.2, 0) is 9.84 Å². The van der Waals surface area contributed by atoms with Crippen molar-refractivity contribution in [3.8, 4) is 16.9 Å². The Kier molecular flexibility index (Phi) is 4.72. The molecule has 1 aliphatic rings. The first-order valence-electron chi connectivity index (χ1n) is 8.95. The molecule has 0 aliphatic carbocycles. The van der Waals surface area contributed by atoms with Crippen LogP contribution in [0.5, 0.6) is 0 Å². The molecule has 0 radical (unpaired) electrons. The summed E-state index contributed by atoms with van der Waals surface area (Å²) in [5.74, 6) is 0.000754. The van der Waals surface area contributed by atoms with Crippen molar-refractivity contribution in [3.05, 3.63) is 65.8 Å². The number of halogens is 1. The molecule has 0 amide bonds. The van der Waals surface area contributed by atoms with E-state index in [1.807, 2.05) is 29.2 Å². The fourth-order valence-electron chi connectivity index (χ4n) is 3.33. The zero-order valence-electron chi connectivity index (χ0n) is 15.4. The highest BCUT2D eigenvalue weighted by atomic mass is 32.2. The lowest BCUT2D eigenvalue weighted by molar-refractivity contribution is 0.587. The Hall–Kier alpha value is -3.38. The third-order valence-electron chi connectivity index (χ3n) is 4.90. The molecule has 0 bridgehead atoms. The van der Waals surface area contributed by atoms with Crippen LogP contribution in [0.3, 0.4) is 0 Å². The van der Waals surface area contributed by atoms with Gasteiger partial charge in [0.15, 0.2) is 9.84 Å². The lowest BCUT2D eigenvalue weighted by atomic mass is 10.1. The SMILES string of the molecule is [C-]#[N+]c1ccc(-c2cc(N)nn2-c2ccc(N3CCS(=O)(=O)CC3)cc2)cc1F. The number of nitrogen functional groups attached to an aromatic ring is 1. The number of sulfone groups is 1. The Morgan fingerprint density at radius 3 is 2.31 bits per heavy atom. The van der Waals surface area contributed by atoms with Gasteiger partial charge in [-0.1, -0.05) is 12.1 Å². The molecule has 1 aromatic heterocycles. The van der Waals surface area contributed by atoms with E-state index in [4.69, 9.17) is 12.3 Å². The number of anilines is 2. The Morgan fingerprint density at radius 2 is 1.69 bits per heavy atom. The van der Waals surface area contributed by atoms with Gasteiger partial charge in [-0.3, -0.25) is 0 Å². The summed E-state index contributed by atoms with van der Waals surface area (Å²) in [5, 5.41) is 4.31. The van der Waals surface area contributed by atoms with E-state index in [1.54, 1.807) is 16.8 Å². The number of hydrogen-bond donors (Lipinski definition) is 1. The van der Waals surface area contributed by atoms with Gasteiger partial charge in [0.25, 0.3) is 0 Å². The summed E-state index contributed by atoms with van der Waals surface area (Å²) in [6.07, 6.45) is 0. The molecule has 0 unspecified atom stereocenters. The highest BCUT2D eigenvalue weighted by Gasteiger charge is 2.22. The molecule has 3 aromatic rings. The summed E-state index contributed by atoms with van der Waals surface area (Å²) >= 11 is 0. The number of nitrogens with two attached hydrogens (primary N) is 1. The third-order valence-corrected chi connectivity index (χ3v) is 6.51. The quantitative estimate of drug-likeness (QED) is 0.670. The number of benzene rings is 2. The van der Waals surface area contributed by atoms with E-state index >= 15 is 0 Å². The van der Waals surface area contributed by atoms with Crippen LogP contribution in [-0.4, -0.2) is 42.8 Å². The zero-order valence-corrected chi connectivity index (χ0v) is 16.2. The summed E-state index contributed by atoms with van der Waals surface area (Å²) in [7, 11) is -2.94. The molecule has 0 atom stereocenters. The molecule has 2 aromatic carbocycles. The predicted molar refractivity (Wildman–Crippen MR) is 110 cm³/mol. The molecule has 2 heterocycles. The van der Waals surface area contributed by atoms with Crippen LogP contribution in [0.4, 0.5) is 21.6 Å².